The van der Waals surface area contributed by atoms with Gasteiger partial charge in [-0.25, -0.2) is 0 Å². The molecule has 0 aliphatic rings. The molecule has 0 spiro atoms. The molecule has 31 heavy (non-hydrogen) atoms. The summed E-state index contributed by atoms with van der Waals surface area (Å²) in [6.07, 6.45) is -3.08. The Kier molecular flexibility index (Phi) is 6.33. The average molecular weight is 432 g/mol. The molecule has 1 N–H and O–H groups in total. The number of carbonyl (C=O) groups excluding carboxylic acids is 1. The van der Waals surface area contributed by atoms with Gasteiger partial charge in [0.25, 0.3) is 11.5 Å². The van der Waals surface area contributed by atoms with Gasteiger partial charge >= 0.3 is 6.18 Å². The molecule has 0 atom stereocenters. The van der Waals surface area contributed by atoms with Crippen LogP contribution in [0, 0.1) is 0 Å². The molecule has 162 valence electrons. The van der Waals surface area contributed by atoms with E-state index in [4.69, 9.17) is 9.47 Å². The molecule has 1 aromatic heterocycles. The largest absolute Gasteiger partial charge is 0.497 e. The number of alkyl halides is 3. The Balaban J connectivity index is 1.86. The number of amides is 1. The van der Waals surface area contributed by atoms with E-state index in [1.165, 1.54) is 49.2 Å². The van der Waals surface area contributed by atoms with Crippen LogP contribution in [0.1, 0.15) is 21.5 Å². The topological polar surface area (TPSA) is 69.6 Å². The number of aromatic nitrogens is 1. The molecule has 0 saturated carbocycles. The van der Waals surface area contributed by atoms with Crippen LogP contribution < -0.4 is 20.3 Å². The number of nitrogens with zero attached hydrogens (tertiary/aromatic N) is 1. The predicted octanol–water partition coefficient (Wildman–Crippen LogP) is 4.18. The molecule has 0 bridgehead atoms. The Bertz CT molecular complexity index is 1160. The number of ether oxygens (including phenoxy) is 2. The summed E-state index contributed by atoms with van der Waals surface area (Å²) in [7, 11) is 2.92. The zero-order valence-corrected chi connectivity index (χ0v) is 16.7. The number of halogens is 3. The Morgan fingerprint density at radius 1 is 1.03 bits per heavy atom. The summed E-state index contributed by atoms with van der Waals surface area (Å²) in [5.41, 5.74) is -0.983. The third-order valence-electron chi connectivity index (χ3n) is 4.53. The SMILES string of the molecule is COc1ccc(NC(=O)c2cccn(Cc3cccc(C(F)(F)F)c3)c2=O)c(OC)c1. The minimum atomic E-state index is -4.49. The van der Waals surface area contributed by atoms with Crippen LogP contribution in [0.3, 0.4) is 0 Å². The van der Waals surface area contributed by atoms with Gasteiger partial charge in [-0.3, -0.25) is 9.59 Å². The fourth-order valence-corrected chi connectivity index (χ4v) is 2.97. The molecule has 0 aliphatic carbocycles. The van der Waals surface area contributed by atoms with E-state index in [9.17, 15) is 22.8 Å². The Hall–Kier alpha value is -3.75. The first kappa shape index (κ1) is 21.9. The molecular weight excluding hydrogens is 413 g/mol. The van der Waals surface area contributed by atoms with Gasteiger partial charge in [0.1, 0.15) is 17.1 Å². The van der Waals surface area contributed by atoms with Crippen molar-refractivity contribution >= 4 is 11.6 Å². The van der Waals surface area contributed by atoms with Gasteiger partial charge in [-0.05, 0) is 42.0 Å². The standard InChI is InChI=1S/C22H19F3N2O4/c1-30-16-8-9-18(19(12-16)31-2)26-20(28)17-7-4-10-27(21(17)29)13-14-5-3-6-15(11-14)22(23,24)25/h3-12H,13H2,1-2H3,(H,26,28). The van der Waals surface area contributed by atoms with Crippen molar-refractivity contribution < 1.29 is 27.4 Å². The molecule has 0 radical (unpaired) electrons. The molecule has 0 aliphatic heterocycles. The highest BCUT2D eigenvalue weighted by Gasteiger charge is 2.30. The number of carbonyl (C=O) groups is 1. The lowest BCUT2D eigenvalue weighted by Crippen LogP contribution is -2.29. The van der Waals surface area contributed by atoms with Gasteiger partial charge in [0.05, 0.1) is 32.0 Å². The Morgan fingerprint density at radius 3 is 2.48 bits per heavy atom. The maximum atomic E-state index is 12.9. The first-order valence-electron chi connectivity index (χ1n) is 9.12. The molecule has 3 rings (SSSR count). The normalized spacial score (nSPS) is 11.1. The quantitative estimate of drug-likeness (QED) is 0.634. The zero-order chi connectivity index (χ0) is 22.6. The van der Waals surface area contributed by atoms with Gasteiger partial charge in [0.2, 0.25) is 0 Å². The lowest BCUT2D eigenvalue weighted by Gasteiger charge is -2.13. The molecule has 1 amide bonds. The van der Waals surface area contributed by atoms with E-state index < -0.39 is 23.2 Å². The van der Waals surface area contributed by atoms with Crippen molar-refractivity contribution in [1.29, 1.82) is 0 Å². The minimum absolute atomic E-state index is 0.115. The average Bonchev–Trinajstić information content (AvgIpc) is 2.75. The molecular formula is C22H19F3N2O4. The number of benzene rings is 2. The number of hydrogen-bond acceptors (Lipinski definition) is 4. The number of pyridine rings is 1. The summed E-state index contributed by atoms with van der Waals surface area (Å²) in [5, 5.41) is 2.61. The Labute approximate surface area is 175 Å². The van der Waals surface area contributed by atoms with Crippen molar-refractivity contribution in [2.75, 3.05) is 19.5 Å². The highest BCUT2D eigenvalue weighted by atomic mass is 19.4. The first-order chi connectivity index (χ1) is 14.7. The van der Waals surface area contributed by atoms with Gasteiger partial charge in [0, 0.05) is 12.3 Å². The fourth-order valence-electron chi connectivity index (χ4n) is 2.97. The first-order valence-corrected chi connectivity index (χ1v) is 9.12. The van der Waals surface area contributed by atoms with E-state index in [0.29, 0.717) is 17.2 Å². The van der Waals surface area contributed by atoms with Crippen LogP contribution in [-0.2, 0) is 12.7 Å². The molecule has 0 fully saturated rings. The van der Waals surface area contributed by atoms with E-state index >= 15 is 0 Å². The summed E-state index contributed by atoms with van der Waals surface area (Å²) in [6.45, 7) is -0.115. The Morgan fingerprint density at radius 2 is 1.81 bits per heavy atom. The number of methoxy groups -OCH3 is 2. The lowest BCUT2D eigenvalue weighted by molar-refractivity contribution is -0.137. The number of nitrogens with one attached hydrogen (secondary N) is 1. The second-order valence-corrected chi connectivity index (χ2v) is 6.57. The predicted molar refractivity (Wildman–Crippen MR) is 109 cm³/mol. The highest BCUT2D eigenvalue weighted by molar-refractivity contribution is 6.04. The van der Waals surface area contributed by atoms with Crippen molar-refractivity contribution in [3.8, 4) is 11.5 Å². The van der Waals surface area contributed by atoms with Crippen LogP contribution in [-0.4, -0.2) is 24.7 Å². The molecule has 3 aromatic rings. The molecule has 0 saturated heterocycles. The van der Waals surface area contributed by atoms with Crippen molar-refractivity contribution in [3.05, 3.63) is 87.8 Å². The van der Waals surface area contributed by atoms with Crippen LogP contribution in [0.5, 0.6) is 11.5 Å². The summed E-state index contributed by atoms with van der Waals surface area (Å²) < 4.78 is 50.3. The van der Waals surface area contributed by atoms with E-state index in [0.717, 1.165) is 12.1 Å². The number of anilines is 1. The summed E-state index contributed by atoms with van der Waals surface area (Å²) in [6, 6.07) is 12.3. The molecule has 9 heteroatoms. The monoisotopic (exact) mass is 432 g/mol. The zero-order valence-electron chi connectivity index (χ0n) is 16.7. The van der Waals surface area contributed by atoms with E-state index in [1.54, 1.807) is 18.2 Å². The molecule has 6 nitrogen and oxygen atoms in total. The third-order valence-corrected chi connectivity index (χ3v) is 4.53. The van der Waals surface area contributed by atoms with Gasteiger partial charge < -0.3 is 19.4 Å². The van der Waals surface area contributed by atoms with Crippen LogP contribution >= 0.6 is 0 Å². The maximum Gasteiger partial charge on any atom is 0.416 e. The lowest BCUT2D eigenvalue weighted by atomic mass is 10.1. The van der Waals surface area contributed by atoms with Crippen molar-refractivity contribution in [2.45, 2.75) is 12.7 Å². The van der Waals surface area contributed by atoms with Crippen LogP contribution in [0.2, 0.25) is 0 Å². The van der Waals surface area contributed by atoms with Crippen LogP contribution in [0.15, 0.2) is 65.6 Å². The number of rotatable bonds is 6. The van der Waals surface area contributed by atoms with Crippen LogP contribution in [0.25, 0.3) is 0 Å². The maximum absolute atomic E-state index is 12.9. The van der Waals surface area contributed by atoms with Gasteiger partial charge in [0.15, 0.2) is 0 Å². The molecule has 2 aromatic carbocycles. The van der Waals surface area contributed by atoms with E-state index in [-0.39, 0.29) is 17.7 Å². The van der Waals surface area contributed by atoms with Crippen molar-refractivity contribution in [1.82, 2.24) is 4.57 Å². The second-order valence-electron chi connectivity index (χ2n) is 6.57. The summed E-state index contributed by atoms with van der Waals surface area (Å²) in [5.74, 6) is 0.192. The number of hydrogen-bond donors (Lipinski definition) is 1. The molecule has 1 heterocycles. The minimum Gasteiger partial charge on any atom is -0.497 e. The van der Waals surface area contributed by atoms with Gasteiger partial charge in [-0.2, -0.15) is 13.2 Å². The van der Waals surface area contributed by atoms with Gasteiger partial charge in [-0.15, -0.1) is 0 Å². The summed E-state index contributed by atoms with van der Waals surface area (Å²) in [4.78, 5) is 25.5. The van der Waals surface area contributed by atoms with Crippen molar-refractivity contribution in [2.24, 2.45) is 0 Å². The van der Waals surface area contributed by atoms with E-state index in [1.807, 2.05) is 0 Å². The second kappa shape index (κ2) is 8.95. The third kappa shape index (κ3) is 5.06. The van der Waals surface area contributed by atoms with Gasteiger partial charge in [-0.1, -0.05) is 12.1 Å². The van der Waals surface area contributed by atoms with Crippen molar-refractivity contribution in [3.63, 3.8) is 0 Å². The van der Waals surface area contributed by atoms with Crippen LogP contribution in [0.4, 0.5) is 18.9 Å². The fraction of sp³-hybridized carbons (Fsp3) is 0.182. The van der Waals surface area contributed by atoms with E-state index in [2.05, 4.69) is 5.32 Å². The highest BCUT2D eigenvalue weighted by Crippen LogP contribution is 2.30. The summed E-state index contributed by atoms with van der Waals surface area (Å²) >= 11 is 0. The smallest absolute Gasteiger partial charge is 0.416 e. The molecule has 0 unspecified atom stereocenters.